The Hall–Kier alpha value is -1.45. The first-order valence-corrected chi connectivity index (χ1v) is 9.48. The van der Waals surface area contributed by atoms with Gasteiger partial charge in [-0.05, 0) is 32.6 Å². The summed E-state index contributed by atoms with van der Waals surface area (Å²) >= 11 is 0. The van der Waals surface area contributed by atoms with Crippen LogP contribution in [0.1, 0.15) is 31.4 Å². The van der Waals surface area contributed by atoms with E-state index in [1.807, 2.05) is 4.90 Å². The second kappa shape index (κ2) is 6.58. The first kappa shape index (κ1) is 16.4. The molecular weight excluding hydrogens is 318 g/mol. The van der Waals surface area contributed by atoms with E-state index in [4.69, 9.17) is 0 Å². The van der Waals surface area contributed by atoms with Crippen molar-refractivity contribution in [1.29, 1.82) is 0 Å². The number of hydrogen-bond donors (Lipinski definition) is 2. The van der Waals surface area contributed by atoms with E-state index in [0.29, 0.717) is 50.7 Å². The Morgan fingerprint density at radius 3 is 2.48 bits per heavy atom. The van der Waals surface area contributed by atoms with Crippen LogP contribution in [0, 0.1) is 6.92 Å². The highest BCUT2D eigenvalue weighted by Gasteiger charge is 2.30. The number of hydrogen-bond acceptors (Lipinski definition) is 5. The average Bonchev–Trinajstić information content (AvgIpc) is 3.01. The van der Waals surface area contributed by atoms with Crippen LogP contribution in [0.5, 0.6) is 0 Å². The predicted octanol–water partition coefficient (Wildman–Crippen LogP) is -0.0227. The maximum atomic E-state index is 12.3. The molecule has 1 aromatic rings. The molecule has 0 spiro atoms. The lowest BCUT2D eigenvalue weighted by molar-refractivity contribution is 0.419. The third kappa shape index (κ3) is 3.91. The highest BCUT2D eigenvalue weighted by Crippen LogP contribution is 2.18. The molecule has 0 atom stereocenters. The van der Waals surface area contributed by atoms with E-state index >= 15 is 0 Å². The molecule has 2 saturated heterocycles. The minimum atomic E-state index is -3.36. The minimum absolute atomic E-state index is 0.0617. The fraction of sp³-hybridized carbons (Fsp3) is 0.714. The number of nitrogens with one attached hydrogen (secondary N) is 2. The smallest absolute Gasteiger partial charge is 0.279 e. The molecule has 2 fully saturated rings. The van der Waals surface area contributed by atoms with Gasteiger partial charge in [-0.15, -0.1) is 0 Å². The number of aromatic amines is 1. The molecular formula is C14H23N5O3S. The number of H-pyrrole nitrogens is 1. The van der Waals surface area contributed by atoms with Crippen LogP contribution in [0.3, 0.4) is 0 Å². The van der Waals surface area contributed by atoms with Crippen LogP contribution in [-0.4, -0.2) is 54.9 Å². The SMILES string of the molecule is Cc1cc(=O)[nH]c(N2CCC(NS(=O)(=O)N3CCCC3)CC2)n1. The summed E-state index contributed by atoms with van der Waals surface area (Å²) in [6.07, 6.45) is 3.27. The quantitative estimate of drug-likeness (QED) is 0.802. The van der Waals surface area contributed by atoms with Gasteiger partial charge in [-0.1, -0.05) is 0 Å². The lowest BCUT2D eigenvalue weighted by Gasteiger charge is -2.33. The number of aromatic nitrogens is 2. The van der Waals surface area contributed by atoms with Gasteiger partial charge in [0.2, 0.25) is 5.95 Å². The molecule has 0 amide bonds. The highest BCUT2D eigenvalue weighted by molar-refractivity contribution is 7.87. The van der Waals surface area contributed by atoms with E-state index in [1.165, 1.54) is 10.4 Å². The predicted molar refractivity (Wildman–Crippen MR) is 87.7 cm³/mol. The van der Waals surface area contributed by atoms with Gasteiger partial charge in [0, 0.05) is 44.0 Å². The zero-order valence-electron chi connectivity index (χ0n) is 13.3. The Bertz CT molecular complexity index is 703. The molecule has 2 aliphatic heterocycles. The van der Waals surface area contributed by atoms with E-state index in [1.54, 1.807) is 6.92 Å². The van der Waals surface area contributed by atoms with Crippen molar-refractivity contribution >= 4 is 16.2 Å². The summed E-state index contributed by atoms with van der Waals surface area (Å²) in [5.74, 6) is 0.566. The summed E-state index contributed by atoms with van der Waals surface area (Å²) < 4.78 is 28.9. The number of anilines is 1. The van der Waals surface area contributed by atoms with Crippen LogP contribution in [0.15, 0.2) is 10.9 Å². The Morgan fingerprint density at radius 1 is 1.22 bits per heavy atom. The van der Waals surface area contributed by atoms with Crippen LogP contribution in [0.2, 0.25) is 0 Å². The van der Waals surface area contributed by atoms with Crippen molar-refractivity contribution in [3.63, 3.8) is 0 Å². The monoisotopic (exact) mass is 341 g/mol. The molecule has 8 nitrogen and oxygen atoms in total. The van der Waals surface area contributed by atoms with Crippen molar-refractivity contribution < 1.29 is 8.42 Å². The summed E-state index contributed by atoms with van der Waals surface area (Å²) in [7, 11) is -3.36. The number of nitrogens with zero attached hydrogens (tertiary/aromatic N) is 3. The first-order valence-electron chi connectivity index (χ1n) is 8.04. The van der Waals surface area contributed by atoms with Gasteiger partial charge in [0.1, 0.15) is 0 Å². The molecule has 0 saturated carbocycles. The third-order valence-electron chi connectivity index (χ3n) is 4.37. The van der Waals surface area contributed by atoms with Crippen LogP contribution >= 0.6 is 0 Å². The third-order valence-corrected chi connectivity index (χ3v) is 6.05. The van der Waals surface area contributed by atoms with E-state index < -0.39 is 10.2 Å². The lowest BCUT2D eigenvalue weighted by atomic mass is 10.1. The zero-order valence-corrected chi connectivity index (χ0v) is 14.1. The molecule has 2 N–H and O–H groups in total. The van der Waals surface area contributed by atoms with Crippen LogP contribution < -0.4 is 15.2 Å². The van der Waals surface area contributed by atoms with Crippen molar-refractivity contribution in [3.8, 4) is 0 Å². The average molecular weight is 341 g/mol. The standard InChI is InChI=1S/C14H23N5O3S/c1-11-10-13(20)16-14(15-11)18-8-4-12(5-9-18)17-23(21,22)19-6-2-3-7-19/h10,12,17H,2-9H2,1H3,(H,15,16,20). The van der Waals surface area contributed by atoms with Crippen LogP contribution in [-0.2, 0) is 10.2 Å². The normalized spacial score (nSPS) is 21.0. The van der Waals surface area contributed by atoms with Gasteiger partial charge in [0.25, 0.3) is 15.8 Å². The Labute approximate surface area is 136 Å². The van der Waals surface area contributed by atoms with Gasteiger partial charge in [0.15, 0.2) is 0 Å². The fourth-order valence-corrected chi connectivity index (χ4v) is 4.68. The van der Waals surface area contributed by atoms with Gasteiger partial charge >= 0.3 is 0 Å². The summed E-state index contributed by atoms with van der Waals surface area (Å²) in [6, 6.07) is 1.40. The number of aryl methyl sites for hydroxylation is 1. The first-order chi connectivity index (χ1) is 10.9. The Morgan fingerprint density at radius 2 is 1.87 bits per heavy atom. The molecule has 23 heavy (non-hydrogen) atoms. The molecule has 0 unspecified atom stereocenters. The second-order valence-corrected chi connectivity index (χ2v) is 7.90. The molecule has 1 aromatic heterocycles. The minimum Gasteiger partial charge on any atom is -0.342 e. The maximum Gasteiger partial charge on any atom is 0.279 e. The molecule has 2 aliphatic rings. The molecule has 3 heterocycles. The molecule has 0 radical (unpaired) electrons. The van der Waals surface area contributed by atoms with E-state index in [9.17, 15) is 13.2 Å². The van der Waals surface area contributed by atoms with Gasteiger partial charge in [0.05, 0.1) is 0 Å². The van der Waals surface area contributed by atoms with Gasteiger partial charge in [-0.3, -0.25) is 9.78 Å². The summed E-state index contributed by atoms with van der Waals surface area (Å²) in [4.78, 5) is 20.6. The van der Waals surface area contributed by atoms with Crippen LogP contribution in [0.4, 0.5) is 5.95 Å². The van der Waals surface area contributed by atoms with Crippen molar-refractivity contribution in [2.45, 2.75) is 38.6 Å². The molecule has 0 aromatic carbocycles. The van der Waals surface area contributed by atoms with Crippen molar-refractivity contribution in [3.05, 3.63) is 22.1 Å². The highest BCUT2D eigenvalue weighted by atomic mass is 32.2. The van der Waals surface area contributed by atoms with Crippen molar-refractivity contribution in [1.82, 2.24) is 19.0 Å². The zero-order chi connectivity index (χ0) is 16.4. The van der Waals surface area contributed by atoms with Crippen molar-refractivity contribution in [2.24, 2.45) is 0 Å². The molecule has 0 aliphatic carbocycles. The molecule has 128 valence electrons. The second-order valence-electron chi connectivity index (χ2n) is 6.20. The number of piperidine rings is 1. The molecule has 3 rings (SSSR count). The van der Waals surface area contributed by atoms with Gasteiger partial charge in [-0.25, -0.2) is 4.98 Å². The largest absolute Gasteiger partial charge is 0.342 e. The fourth-order valence-electron chi connectivity index (χ4n) is 3.14. The Kier molecular flexibility index (Phi) is 4.69. The topological polar surface area (TPSA) is 98.4 Å². The molecule has 0 bridgehead atoms. The number of rotatable bonds is 4. The van der Waals surface area contributed by atoms with Crippen molar-refractivity contribution in [2.75, 3.05) is 31.1 Å². The lowest BCUT2D eigenvalue weighted by Crippen LogP contribution is -2.49. The summed E-state index contributed by atoms with van der Waals surface area (Å²) in [6.45, 7) is 4.35. The summed E-state index contributed by atoms with van der Waals surface area (Å²) in [5, 5.41) is 0. The van der Waals surface area contributed by atoms with E-state index in [0.717, 1.165) is 12.8 Å². The van der Waals surface area contributed by atoms with Gasteiger partial charge < -0.3 is 4.90 Å². The maximum absolute atomic E-state index is 12.3. The van der Waals surface area contributed by atoms with Gasteiger partial charge in [-0.2, -0.15) is 17.4 Å². The summed E-state index contributed by atoms with van der Waals surface area (Å²) in [5.41, 5.74) is 0.518. The van der Waals surface area contributed by atoms with Crippen LogP contribution in [0.25, 0.3) is 0 Å². The van der Waals surface area contributed by atoms with E-state index in [-0.39, 0.29) is 11.6 Å². The Balaban J connectivity index is 1.59. The molecule has 9 heteroatoms. The van der Waals surface area contributed by atoms with E-state index in [2.05, 4.69) is 14.7 Å².